The summed E-state index contributed by atoms with van der Waals surface area (Å²) < 4.78 is 26.3. The Labute approximate surface area is 115 Å². The van der Waals surface area contributed by atoms with E-state index in [0.717, 1.165) is 22.6 Å². The number of hydrogen-bond acceptors (Lipinski definition) is 3. The van der Waals surface area contributed by atoms with Gasteiger partial charge >= 0.3 is 0 Å². The lowest BCUT2D eigenvalue weighted by atomic mass is 9.99. The quantitative estimate of drug-likeness (QED) is 0.513. The maximum atomic E-state index is 13.3. The van der Waals surface area contributed by atoms with Gasteiger partial charge in [-0.05, 0) is 35.6 Å². The predicted octanol–water partition coefficient (Wildman–Crippen LogP) is 3.24. The van der Waals surface area contributed by atoms with Crippen molar-refractivity contribution in [3.63, 3.8) is 0 Å². The second-order valence-electron chi connectivity index (χ2n) is 4.02. The van der Waals surface area contributed by atoms with Crippen LogP contribution in [0.3, 0.4) is 0 Å². The lowest BCUT2D eigenvalue weighted by Gasteiger charge is -2.19. The van der Waals surface area contributed by atoms with Gasteiger partial charge < -0.3 is 0 Å². The van der Waals surface area contributed by atoms with E-state index in [1.807, 2.05) is 30.5 Å². The predicted molar refractivity (Wildman–Crippen MR) is 73.7 cm³/mol. The normalized spacial score (nSPS) is 12.4. The molecule has 0 saturated heterocycles. The fourth-order valence-electron chi connectivity index (χ4n) is 1.96. The van der Waals surface area contributed by atoms with Crippen LogP contribution in [0.15, 0.2) is 47.4 Å². The molecule has 1 unspecified atom stereocenters. The van der Waals surface area contributed by atoms with E-state index in [2.05, 4.69) is 5.43 Å². The number of hydrogen-bond donors (Lipinski definition) is 2. The van der Waals surface area contributed by atoms with Gasteiger partial charge in [0.2, 0.25) is 0 Å². The molecule has 0 amide bonds. The second kappa shape index (κ2) is 6.14. The Balaban J connectivity index is 2.46. The Morgan fingerprint density at radius 2 is 1.84 bits per heavy atom. The first-order chi connectivity index (χ1) is 9.17. The minimum atomic E-state index is -0.876. The maximum absolute atomic E-state index is 13.3. The summed E-state index contributed by atoms with van der Waals surface area (Å²) in [5.74, 6) is 3.83. The Morgan fingerprint density at radius 1 is 1.11 bits per heavy atom. The number of thioether (sulfide) groups is 1. The fourth-order valence-corrected chi connectivity index (χ4v) is 2.60. The lowest BCUT2D eigenvalue weighted by Crippen LogP contribution is -2.29. The highest BCUT2D eigenvalue weighted by molar-refractivity contribution is 7.98. The number of rotatable bonds is 4. The van der Waals surface area contributed by atoms with E-state index < -0.39 is 11.6 Å². The van der Waals surface area contributed by atoms with Crippen LogP contribution < -0.4 is 11.3 Å². The molecule has 2 nitrogen and oxygen atoms in total. The van der Waals surface area contributed by atoms with Gasteiger partial charge in [-0.25, -0.2) is 14.2 Å². The van der Waals surface area contributed by atoms with Gasteiger partial charge in [-0.2, -0.15) is 0 Å². The monoisotopic (exact) mass is 280 g/mol. The number of hydrazine groups is 1. The van der Waals surface area contributed by atoms with Crippen LogP contribution in [0.1, 0.15) is 17.2 Å². The van der Waals surface area contributed by atoms with Crippen LogP contribution >= 0.6 is 11.8 Å². The Morgan fingerprint density at radius 3 is 2.47 bits per heavy atom. The molecule has 0 fully saturated rings. The van der Waals surface area contributed by atoms with Gasteiger partial charge in [0.25, 0.3) is 0 Å². The molecule has 0 aliphatic heterocycles. The molecule has 0 aliphatic rings. The maximum Gasteiger partial charge on any atom is 0.159 e. The molecule has 0 radical (unpaired) electrons. The standard InChI is InChI=1S/C14H14F2N2S/c1-19-13-5-3-2-4-10(13)14(18-17)9-6-7-11(15)12(16)8-9/h2-8,14,18H,17H2,1H3. The molecule has 0 bridgehead atoms. The molecular weight excluding hydrogens is 266 g/mol. The van der Waals surface area contributed by atoms with E-state index in [1.54, 1.807) is 11.8 Å². The lowest BCUT2D eigenvalue weighted by molar-refractivity contribution is 0.503. The molecule has 2 aromatic carbocycles. The summed E-state index contributed by atoms with van der Waals surface area (Å²) in [7, 11) is 0. The number of nitrogens with two attached hydrogens (primary N) is 1. The minimum Gasteiger partial charge on any atom is -0.271 e. The zero-order chi connectivity index (χ0) is 13.8. The van der Waals surface area contributed by atoms with E-state index in [9.17, 15) is 8.78 Å². The van der Waals surface area contributed by atoms with Crippen LogP contribution in [0, 0.1) is 11.6 Å². The number of benzene rings is 2. The van der Waals surface area contributed by atoms with Crippen molar-refractivity contribution in [2.75, 3.05) is 6.26 Å². The molecule has 1 atom stereocenters. The van der Waals surface area contributed by atoms with Gasteiger partial charge in [0.1, 0.15) is 0 Å². The van der Waals surface area contributed by atoms with Crippen molar-refractivity contribution in [2.24, 2.45) is 5.84 Å². The summed E-state index contributed by atoms with van der Waals surface area (Å²) in [5, 5.41) is 0. The number of nitrogens with one attached hydrogen (secondary N) is 1. The highest BCUT2D eigenvalue weighted by Gasteiger charge is 2.17. The van der Waals surface area contributed by atoms with E-state index in [-0.39, 0.29) is 6.04 Å². The summed E-state index contributed by atoms with van der Waals surface area (Å²) in [6, 6.07) is 11.1. The van der Waals surface area contributed by atoms with Crippen molar-refractivity contribution in [1.29, 1.82) is 0 Å². The Bertz CT molecular complexity index is 575. The third-order valence-electron chi connectivity index (χ3n) is 2.89. The molecule has 0 spiro atoms. The van der Waals surface area contributed by atoms with Crippen molar-refractivity contribution >= 4 is 11.8 Å². The van der Waals surface area contributed by atoms with E-state index in [1.165, 1.54) is 6.07 Å². The summed E-state index contributed by atoms with van der Waals surface area (Å²) >= 11 is 1.58. The molecule has 0 saturated carbocycles. The molecule has 3 N–H and O–H groups in total. The van der Waals surface area contributed by atoms with Crippen molar-refractivity contribution in [3.8, 4) is 0 Å². The van der Waals surface area contributed by atoms with Crippen LogP contribution in [0.2, 0.25) is 0 Å². The number of halogens is 2. The fraction of sp³-hybridized carbons (Fsp3) is 0.143. The first-order valence-corrected chi connectivity index (χ1v) is 6.94. The molecule has 5 heteroatoms. The van der Waals surface area contributed by atoms with Crippen LogP contribution in [-0.4, -0.2) is 6.26 Å². The topological polar surface area (TPSA) is 38.0 Å². The Kier molecular flexibility index (Phi) is 4.52. The van der Waals surface area contributed by atoms with Gasteiger partial charge in [-0.1, -0.05) is 24.3 Å². The summed E-state index contributed by atoms with van der Waals surface area (Å²) in [6.07, 6.45) is 1.96. The molecule has 0 aromatic heterocycles. The summed E-state index contributed by atoms with van der Waals surface area (Å²) in [4.78, 5) is 1.04. The second-order valence-corrected chi connectivity index (χ2v) is 4.86. The van der Waals surface area contributed by atoms with E-state index in [4.69, 9.17) is 5.84 Å². The Hall–Kier alpha value is -1.43. The van der Waals surface area contributed by atoms with Gasteiger partial charge in [0, 0.05) is 4.90 Å². The van der Waals surface area contributed by atoms with E-state index in [0.29, 0.717) is 5.56 Å². The van der Waals surface area contributed by atoms with Crippen molar-refractivity contribution in [3.05, 3.63) is 65.2 Å². The SMILES string of the molecule is CSc1ccccc1C(NN)c1ccc(F)c(F)c1. The van der Waals surface area contributed by atoms with Gasteiger partial charge in [-0.15, -0.1) is 11.8 Å². The van der Waals surface area contributed by atoms with Crippen LogP contribution in [0.4, 0.5) is 8.78 Å². The summed E-state index contributed by atoms with van der Waals surface area (Å²) in [6.45, 7) is 0. The zero-order valence-electron chi connectivity index (χ0n) is 10.4. The smallest absolute Gasteiger partial charge is 0.159 e. The first-order valence-electron chi connectivity index (χ1n) is 5.71. The van der Waals surface area contributed by atoms with Crippen molar-refractivity contribution in [1.82, 2.24) is 5.43 Å². The van der Waals surface area contributed by atoms with Gasteiger partial charge in [-0.3, -0.25) is 5.84 Å². The largest absolute Gasteiger partial charge is 0.271 e. The highest BCUT2D eigenvalue weighted by atomic mass is 32.2. The van der Waals surface area contributed by atoms with Crippen molar-refractivity contribution < 1.29 is 8.78 Å². The zero-order valence-corrected chi connectivity index (χ0v) is 11.2. The van der Waals surface area contributed by atoms with Crippen LogP contribution in [0.25, 0.3) is 0 Å². The molecule has 19 heavy (non-hydrogen) atoms. The average Bonchev–Trinajstić information content (AvgIpc) is 2.44. The van der Waals surface area contributed by atoms with Crippen LogP contribution in [-0.2, 0) is 0 Å². The summed E-state index contributed by atoms with van der Waals surface area (Å²) in [5.41, 5.74) is 4.17. The first kappa shape index (κ1) is 14.0. The molecule has 2 rings (SSSR count). The molecule has 0 aliphatic carbocycles. The van der Waals surface area contributed by atoms with Crippen molar-refractivity contribution in [2.45, 2.75) is 10.9 Å². The molecule has 100 valence electrons. The van der Waals surface area contributed by atoms with Crippen LogP contribution in [0.5, 0.6) is 0 Å². The third kappa shape index (κ3) is 2.94. The average molecular weight is 280 g/mol. The van der Waals surface area contributed by atoms with E-state index >= 15 is 0 Å². The molecule has 2 aromatic rings. The highest BCUT2D eigenvalue weighted by Crippen LogP contribution is 2.30. The third-order valence-corrected chi connectivity index (χ3v) is 3.71. The van der Waals surface area contributed by atoms with Gasteiger partial charge in [0.05, 0.1) is 6.04 Å². The minimum absolute atomic E-state index is 0.376. The molecular formula is C14H14F2N2S. The van der Waals surface area contributed by atoms with Gasteiger partial charge in [0.15, 0.2) is 11.6 Å². The molecule has 0 heterocycles.